The molecule has 0 radical (unpaired) electrons. The number of carbonyl (C=O) groups is 1. The summed E-state index contributed by atoms with van der Waals surface area (Å²) in [5, 5.41) is 0. The fourth-order valence-corrected chi connectivity index (χ4v) is 2.04. The van der Waals surface area contributed by atoms with Gasteiger partial charge in [0.2, 0.25) is 0 Å². The number of hydrogen-bond acceptors (Lipinski definition) is 1. The van der Waals surface area contributed by atoms with Crippen LogP contribution in [0.25, 0.3) is 0 Å². The lowest BCUT2D eigenvalue weighted by Gasteiger charge is -2.08. The molecule has 0 spiro atoms. The molecule has 1 aromatic rings. The first kappa shape index (κ1) is 10.4. The van der Waals surface area contributed by atoms with Gasteiger partial charge in [0.25, 0.3) is 0 Å². The maximum atomic E-state index is 11.9. The molecule has 0 bridgehead atoms. The Morgan fingerprint density at radius 3 is 2.80 bits per heavy atom. The molecule has 1 aromatic carbocycles. The Labute approximate surface area is 91.5 Å². The molecule has 1 atom stereocenters. The van der Waals surface area contributed by atoms with E-state index in [0.29, 0.717) is 18.1 Å². The van der Waals surface area contributed by atoms with E-state index >= 15 is 0 Å². The van der Waals surface area contributed by atoms with Crippen molar-refractivity contribution in [1.29, 1.82) is 0 Å². The average molecular weight is 202 g/mol. The molecule has 1 heteroatoms. The molecule has 1 aliphatic rings. The molecule has 1 saturated carbocycles. The van der Waals surface area contributed by atoms with Gasteiger partial charge in [0.15, 0.2) is 0 Å². The Kier molecular flexibility index (Phi) is 2.90. The maximum Gasteiger partial charge on any atom is 0.140 e. The molecule has 1 aliphatic carbocycles. The van der Waals surface area contributed by atoms with Crippen LogP contribution in [0.2, 0.25) is 0 Å². The van der Waals surface area contributed by atoms with E-state index in [1.165, 1.54) is 18.4 Å². The summed E-state index contributed by atoms with van der Waals surface area (Å²) in [6.07, 6.45) is 3.11. The zero-order chi connectivity index (χ0) is 10.8. The predicted molar refractivity (Wildman–Crippen MR) is 61.8 cm³/mol. The summed E-state index contributed by atoms with van der Waals surface area (Å²) < 4.78 is 0. The van der Waals surface area contributed by atoms with E-state index in [2.05, 4.69) is 26.0 Å². The third-order valence-electron chi connectivity index (χ3n) is 3.30. The van der Waals surface area contributed by atoms with Gasteiger partial charge in [-0.3, -0.25) is 4.79 Å². The molecular formula is C14H18O. The Morgan fingerprint density at radius 1 is 1.47 bits per heavy atom. The highest BCUT2D eigenvalue weighted by molar-refractivity contribution is 5.83. The lowest BCUT2D eigenvalue weighted by molar-refractivity contribution is -0.122. The van der Waals surface area contributed by atoms with Crippen LogP contribution in [-0.4, -0.2) is 5.78 Å². The predicted octanol–water partition coefficient (Wildman–Crippen LogP) is 3.15. The molecular weight excluding hydrogens is 184 g/mol. The van der Waals surface area contributed by atoms with Crippen LogP contribution in [0, 0.1) is 18.8 Å². The smallest absolute Gasteiger partial charge is 0.140 e. The van der Waals surface area contributed by atoms with Gasteiger partial charge in [0.1, 0.15) is 5.78 Å². The molecule has 1 nitrogen and oxygen atoms in total. The van der Waals surface area contributed by atoms with E-state index in [1.807, 2.05) is 12.1 Å². The van der Waals surface area contributed by atoms with Gasteiger partial charge in [0.05, 0.1) is 0 Å². The first-order chi connectivity index (χ1) is 7.16. The van der Waals surface area contributed by atoms with Gasteiger partial charge >= 0.3 is 0 Å². The number of aryl methyl sites for hydroxylation is 1. The second-order valence-corrected chi connectivity index (χ2v) is 4.76. The first-order valence-corrected chi connectivity index (χ1v) is 5.75. The van der Waals surface area contributed by atoms with Gasteiger partial charge < -0.3 is 0 Å². The number of rotatable bonds is 4. The molecule has 0 aliphatic heterocycles. The number of hydrogen-bond donors (Lipinski definition) is 0. The molecule has 0 heterocycles. The fourth-order valence-electron chi connectivity index (χ4n) is 2.04. The number of Topliss-reactive ketones (excluding diaryl/α,β-unsaturated/α-hetero) is 1. The van der Waals surface area contributed by atoms with E-state index < -0.39 is 0 Å². The zero-order valence-electron chi connectivity index (χ0n) is 9.49. The van der Waals surface area contributed by atoms with Crippen LogP contribution < -0.4 is 0 Å². The van der Waals surface area contributed by atoms with Crippen LogP contribution in [0.3, 0.4) is 0 Å². The lowest BCUT2D eigenvalue weighted by Crippen LogP contribution is -2.15. The van der Waals surface area contributed by atoms with Crippen molar-refractivity contribution in [2.75, 3.05) is 0 Å². The molecule has 2 rings (SSSR count). The van der Waals surface area contributed by atoms with Gasteiger partial charge in [-0.25, -0.2) is 0 Å². The van der Waals surface area contributed by atoms with E-state index in [-0.39, 0.29) is 5.92 Å². The van der Waals surface area contributed by atoms with E-state index in [9.17, 15) is 4.79 Å². The first-order valence-electron chi connectivity index (χ1n) is 5.75. The molecule has 0 saturated heterocycles. The van der Waals surface area contributed by atoms with Crippen LogP contribution in [0.15, 0.2) is 24.3 Å². The van der Waals surface area contributed by atoms with Crippen molar-refractivity contribution in [1.82, 2.24) is 0 Å². The molecule has 15 heavy (non-hydrogen) atoms. The Morgan fingerprint density at radius 2 is 2.20 bits per heavy atom. The summed E-state index contributed by atoms with van der Waals surface area (Å²) in [7, 11) is 0. The Bertz CT molecular complexity index is 363. The van der Waals surface area contributed by atoms with Crippen LogP contribution in [0.5, 0.6) is 0 Å². The van der Waals surface area contributed by atoms with E-state index in [1.54, 1.807) is 0 Å². The lowest BCUT2D eigenvalue weighted by atomic mass is 9.95. The number of benzene rings is 1. The fraction of sp³-hybridized carbons (Fsp3) is 0.500. The van der Waals surface area contributed by atoms with Gasteiger partial charge in [-0.15, -0.1) is 0 Å². The van der Waals surface area contributed by atoms with Gasteiger partial charge in [0, 0.05) is 12.3 Å². The van der Waals surface area contributed by atoms with Crippen molar-refractivity contribution in [3.8, 4) is 0 Å². The molecule has 1 fully saturated rings. The van der Waals surface area contributed by atoms with Crippen LogP contribution in [0.1, 0.15) is 30.9 Å². The van der Waals surface area contributed by atoms with E-state index in [4.69, 9.17) is 0 Å². The topological polar surface area (TPSA) is 17.1 Å². The van der Waals surface area contributed by atoms with Crippen LogP contribution in [-0.2, 0) is 11.2 Å². The minimum atomic E-state index is 0.269. The summed E-state index contributed by atoms with van der Waals surface area (Å²) in [5.41, 5.74) is 2.40. The normalized spacial score (nSPS) is 17.5. The molecule has 0 aromatic heterocycles. The van der Waals surface area contributed by atoms with Gasteiger partial charge in [-0.05, 0) is 31.2 Å². The average Bonchev–Trinajstić information content (AvgIpc) is 2.99. The summed E-state index contributed by atoms with van der Waals surface area (Å²) in [6, 6.07) is 8.25. The van der Waals surface area contributed by atoms with Crippen LogP contribution >= 0.6 is 0 Å². The third kappa shape index (κ3) is 2.68. The van der Waals surface area contributed by atoms with Crippen molar-refractivity contribution in [2.45, 2.75) is 33.1 Å². The molecule has 80 valence electrons. The van der Waals surface area contributed by atoms with Gasteiger partial charge in [-0.1, -0.05) is 36.8 Å². The minimum absolute atomic E-state index is 0.269. The van der Waals surface area contributed by atoms with Crippen molar-refractivity contribution in [3.05, 3.63) is 35.4 Å². The van der Waals surface area contributed by atoms with Gasteiger partial charge in [-0.2, -0.15) is 0 Å². The molecule has 0 N–H and O–H groups in total. The largest absolute Gasteiger partial charge is 0.299 e. The number of carbonyl (C=O) groups excluding carboxylic acids is 1. The zero-order valence-corrected chi connectivity index (χ0v) is 9.49. The highest BCUT2D eigenvalue weighted by atomic mass is 16.1. The maximum absolute atomic E-state index is 11.9. The summed E-state index contributed by atoms with van der Waals surface area (Å²) in [4.78, 5) is 11.9. The van der Waals surface area contributed by atoms with Crippen molar-refractivity contribution in [3.63, 3.8) is 0 Å². The second kappa shape index (κ2) is 4.18. The highest BCUT2D eigenvalue weighted by Gasteiger charge is 2.32. The minimum Gasteiger partial charge on any atom is -0.299 e. The molecule has 1 unspecified atom stereocenters. The number of ketones is 1. The summed E-state index contributed by atoms with van der Waals surface area (Å²) in [5.74, 6) is 1.36. The second-order valence-electron chi connectivity index (χ2n) is 4.76. The quantitative estimate of drug-likeness (QED) is 0.733. The summed E-state index contributed by atoms with van der Waals surface area (Å²) in [6.45, 7) is 4.15. The summed E-state index contributed by atoms with van der Waals surface area (Å²) >= 11 is 0. The SMILES string of the molecule is Cc1cccc(CC(=O)C(C)C2CC2)c1. The Hall–Kier alpha value is -1.11. The molecule has 0 amide bonds. The van der Waals surface area contributed by atoms with Crippen molar-refractivity contribution < 1.29 is 4.79 Å². The Balaban J connectivity index is 1.98. The monoisotopic (exact) mass is 202 g/mol. The van der Waals surface area contributed by atoms with E-state index in [0.717, 1.165) is 5.56 Å². The van der Waals surface area contributed by atoms with Crippen molar-refractivity contribution in [2.24, 2.45) is 11.8 Å². The highest BCUT2D eigenvalue weighted by Crippen LogP contribution is 2.37. The van der Waals surface area contributed by atoms with Crippen molar-refractivity contribution >= 4 is 5.78 Å². The third-order valence-corrected chi connectivity index (χ3v) is 3.30. The van der Waals surface area contributed by atoms with Crippen LogP contribution in [0.4, 0.5) is 0 Å². The standard InChI is InChI=1S/C14H18O/c1-10-4-3-5-12(8-10)9-14(15)11(2)13-6-7-13/h3-5,8,11,13H,6-7,9H2,1-2H3.